The second-order valence-corrected chi connectivity index (χ2v) is 7.13. The molecule has 0 fully saturated rings. The number of alkyl halides is 3. The molecule has 1 aliphatic rings. The lowest BCUT2D eigenvalue weighted by Gasteiger charge is -2.11. The fourth-order valence-electron chi connectivity index (χ4n) is 2.69. The van der Waals surface area contributed by atoms with Gasteiger partial charge in [0, 0.05) is 17.3 Å². The third-order valence-electron chi connectivity index (χ3n) is 4.05. The van der Waals surface area contributed by atoms with Gasteiger partial charge in [-0.15, -0.1) is 0 Å². The molecule has 0 radical (unpaired) electrons. The van der Waals surface area contributed by atoms with Crippen molar-refractivity contribution >= 4 is 23.4 Å². The van der Waals surface area contributed by atoms with Crippen LogP contribution in [-0.4, -0.2) is 28.4 Å². The molecule has 0 spiro atoms. The molecule has 0 aliphatic carbocycles. The van der Waals surface area contributed by atoms with Crippen molar-refractivity contribution in [2.45, 2.75) is 11.3 Å². The van der Waals surface area contributed by atoms with Crippen LogP contribution in [0.15, 0.2) is 59.8 Å². The summed E-state index contributed by atoms with van der Waals surface area (Å²) in [5, 5.41) is 2.53. The second kappa shape index (κ2) is 8.23. The van der Waals surface area contributed by atoms with Crippen molar-refractivity contribution in [3.8, 4) is 22.8 Å². The number of fused-ring (bicyclic) bond motifs is 1. The van der Waals surface area contributed by atoms with Gasteiger partial charge >= 0.3 is 6.18 Å². The Bertz CT molecular complexity index is 1080. The summed E-state index contributed by atoms with van der Waals surface area (Å²) in [7, 11) is 0. The maximum atomic E-state index is 13.3. The number of benzene rings is 2. The van der Waals surface area contributed by atoms with Crippen molar-refractivity contribution in [1.82, 2.24) is 9.97 Å². The van der Waals surface area contributed by atoms with Gasteiger partial charge in [-0.2, -0.15) is 13.2 Å². The van der Waals surface area contributed by atoms with E-state index < -0.39 is 17.8 Å². The number of aromatic nitrogens is 2. The highest BCUT2D eigenvalue weighted by Gasteiger charge is 2.34. The maximum Gasteiger partial charge on any atom is 0.433 e. The van der Waals surface area contributed by atoms with Crippen LogP contribution in [0.1, 0.15) is 5.69 Å². The first-order valence-corrected chi connectivity index (χ1v) is 9.71. The van der Waals surface area contributed by atoms with Crippen molar-refractivity contribution in [2.75, 3.05) is 17.9 Å². The molecule has 3 aromatic rings. The van der Waals surface area contributed by atoms with Crippen LogP contribution in [-0.2, 0) is 11.0 Å². The predicted molar refractivity (Wildman–Crippen MR) is 104 cm³/mol. The van der Waals surface area contributed by atoms with Crippen LogP contribution in [0.3, 0.4) is 0 Å². The summed E-state index contributed by atoms with van der Waals surface area (Å²) < 4.78 is 50.2. The lowest BCUT2D eigenvalue weighted by atomic mass is 10.1. The van der Waals surface area contributed by atoms with Crippen LogP contribution < -0.4 is 14.8 Å². The number of carbonyl (C=O) groups excluding carboxylic acids is 1. The average molecular weight is 433 g/mol. The Balaban J connectivity index is 1.49. The zero-order valence-corrected chi connectivity index (χ0v) is 16.1. The lowest BCUT2D eigenvalue weighted by Crippen LogP contribution is -2.15. The maximum absolute atomic E-state index is 13.3. The van der Waals surface area contributed by atoms with Crippen LogP contribution in [0.2, 0.25) is 0 Å². The van der Waals surface area contributed by atoms with Crippen molar-refractivity contribution in [1.29, 1.82) is 0 Å². The van der Waals surface area contributed by atoms with Gasteiger partial charge in [0.1, 0.15) is 5.69 Å². The van der Waals surface area contributed by atoms with Crippen LogP contribution in [0, 0.1) is 0 Å². The number of nitrogens with zero attached hydrogens (tertiary/aromatic N) is 2. The van der Waals surface area contributed by atoms with Gasteiger partial charge in [0.2, 0.25) is 12.7 Å². The number of hydrogen-bond acceptors (Lipinski definition) is 6. The van der Waals surface area contributed by atoms with E-state index in [0.717, 1.165) is 17.8 Å². The van der Waals surface area contributed by atoms with Crippen LogP contribution in [0.5, 0.6) is 11.5 Å². The first kappa shape index (κ1) is 20.0. The summed E-state index contributed by atoms with van der Waals surface area (Å²) in [6.07, 6.45) is -4.63. The first-order chi connectivity index (χ1) is 14.4. The first-order valence-electron chi connectivity index (χ1n) is 8.72. The lowest BCUT2D eigenvalue weighted by molar-refractivity contribution is -0.141. The van der Waals surface area contributed by atoms with E-state index in [2.05, 4.69) is 15.3 Å². The van der Waals surface area contributed by atoms with E-state index in [1.165, 1.54) is 0 Å². The molecule has 6 nitrogen and oxygen atoms in total. The Kier molecular flexibility index (Phi) is 5.49. The number of halogens is 3. The quantitative estimate of drug-likeness (QED) is 0.468. The Morgan fingerprint density at radius 3 is 2.57 bits per heavy atom. The van der Waals surface area contributed by atoms with Crippen molar-refractivity contribution < 1.29 is 27.4 Å². The van der Waals surface area contributed by atoms with Gasteiger partial charge in [0.15, 0.2) is 16.7 Å². The van der Waals surface area contributed by atoms with Gasteiger partial charge in [0.05, 0.1) is 11.4 Å². The summed E-state index contributed by atoms with van der Waals surface area (Å²) in [6.45, 7) is 0.110. The molecule has 0 saturated heterocycles. The molecule has 2 aromatic carbocycles. The number of carbonyl (C=O) groups is 1. The van der Waals surface area contributed by atoms with Gasteiger partial charge in [-0.1, -0.05) is 42.1 Å². The van der Waals surface area contributed by atoms with Crippen molar-refractivity contribution in [3.63, 3.8) is 0 Å². The SMILES string of the molecule is O=C(CSc1nc(-c2ccccc2)cc(C(F)(F)F)n1)Nc1ccc2c(c1)OCO2. The Hall–Kier alpha value is -3.27. The van der Waals surface area contributed by atoms with E-state index in [4.69, 9.17) is 9.47 Å². The molecule has 154 valence electrons. The number of amides is 1. The van der Waals surface area contributed by atoms with E-state index in [1.807, 2.05) is 0 Å². The van der Waals surface area contributed by atoms with Crippen LogP contribution in [0.25, 0.3) is 11.3 Å². The van der Waals surface area contributed by atoms with E-state index in [0.29, 0.717) is 22.7 Å². The van der Waals surface area contributed by atoms with E-state index >= 15 is 0 Å². The molecule has 4 rings (SSSR count). The van der Waals surface area contributed by atoms with Crippen molar-refractivity contribution in [3.05, 3.63) is 60.3 Å². The largest absolute Gasteiger partial charge is 0.454 e. The highest BCUT2D eigenvalue weighted by atomic mass is 32.2. The fourth-order valence-corrected chi connectivity index (χ4v) is 3.35. The fraction of sp³-hybridized carbons (Fsp3) is 0.150. The molecular weight excluding hydrogens is 419 g/mol. The van der Waals surface area contributed by atoms with Crippen LogP contribution >= 0.6 is 11.8 Å². The number of hydrogen-bond donors (Lipinski definition) is 1. The van der Waals surface area contributed by atoms with Gasteiger partial charge in [-0.25, -0.2) is 9.97 Å². The molecule has 2 heterocycles. The summed E-state index contributed by atoms with van der Waals surface area (Å²) in [4.78, 5) is 20.0. The second-order valence-electron chi connectivity index (χ2n) is 6.19. The third kappa shape index (κ3) is 4.65. The number of thioether (sulfide) groups is 1. The Morgan fingerprint density at radius 1 is 1.03 bits per heavy atom. The third-order valence-corrected chi connectivity index (χ3v) is 4.90. The molecule has 0 atom stereocenters. The number of nitrogens with one attached hydrogen (secondary N) is 1. The van der Waals surface area contributed by atoms with Crippen LogP contribution in [0.4, 0.5) is 18.9 Å². The minimum Gasteiger partial charge on any atom is -0.454 e. The molecule has 1 aliphatic heterocycles. The normalized spacial score (nSPS) is 12.6. The standard InChI is InChI=1S/C20H14F3N3O3S/c21-20(22,23)17-9-14(12-4-2-1-3-5-12)25-19(26-17)30-10-18(27)24-13-6-7-15-16(8-13)29-11-28-15/h1-9H,10-11H2,(H,24,27). The number of anilines is 1. The molecule has 10 heteroatoms. The van der Waals surface area contributed by atoms with Gasteiger partial charge in [-0.05, 0) is 18.2 Å². The number of ether oxygens (including phenoxy) is 2. The monoisotopic (exact) mass is 433 g/mol. The summed E-state index contributed by atoms with van der Waals surface area (Å²) >= 11 is 0.822. The smallest absolute Gasteiger partial charge is 0.433 e. The number of rotatable bonds is 5. The molecule has 30 heavy (non-hydrogen) atoms. The van der Waals surface area contributed by atoms with E-state index in [-0.39, 0.29) is 23.4 Å². The summed E-state index contributed by atoms with van der Waals surface area (Å²) in [5.74, 6) is 0.507. The summed E-state index contributed by atoms with van der Waals surface area (Å²) in [5.41, 5.74) is 0.0866. The minimum atomic E-state index is -4.63. The zero-order chi connectivity index (χ0) is 21.1. The Labute approximate surface area is 173 Å². The molecule has 1 N–H and O–H groups in total. The topological polar surface area (TPSA) is 73.3 Å². The molecule has 1 aromatic heterocycles. The van der Waals surface area contributed by atoms with Gasteiger partial charge in [0.25, 0.3) is 0 Å². The summed E-state index contributed by atoms with van der Waals surface area (Å²) in [6, 6.07) is 14.3. The minimum absolute atomic E-state index is 0.110. The van der Waals surface area contributed by atoms with E-state index in [9.17, 15) is 18.0 Å². The molecule has 0 bridgehead atoms. The molecular formula is C20H14F3N3O3S. The average Bonchev–Trinajstić information content (AvgIpc) is 3.20. The highest BCUT2D eigenvalue weighted by molar-refractivity contribution is 7.99. The van der Waals surface area contributed by atoms with Gasteiger partial charge in [-0.3, -0.25) is 4.79 Å². The predicted octanol–water partition coefficient (Wildman–Crippen LogP) is 4.62. The van der Waals surface area contributed by atoms with Gasteiger partial charge < -0.3 is 14.8 Å². The highest BCUT2D eigenvalue weighted by Crippen LogP contribution is 2.34. The molecule has 1 amide bonds. The van der Waals surface area contributed by atoms with Crippen molar-refractivity contribution in [2.24, 2.45) is 0 Å². The molecule has 0 saturated carbocycles. The Morgan fingerprint density at radius 2 is 1.80 bits per heavy atom. The van der Waals surface area contributed by atoms with E-state index in [1.54, 1.807) is 48.5 Å². The zero-order valence-electron chi connectivity index (χ0n) is 15.3. The molecule has 0 unspecified atom stereocenters.